The van der Waals surface area contributed by atoms with Gasteiger partial charge in [0, 0.05) is 28.4 Å². The van der Waals surface area contributed by atoms with Crippen molar-refractivity contribution < 1.29 is 24.2 Å². The fraction of sp³-hybridized carbons (Fsp3) is 0. The predicted octanol–water partition coefficient (Wildman–Crippen LogP) is 5.31. The van der Waals surface area contributed by atoms with Crippen LogP contribution in [0.2, 0.25) is 10.0 Å². The molecule has 28 heavy (non-hydrogen) atoms. The van der Waals surface area contributed by atoms with E-state index in [1.165, 1.54) is 24.3 Å². The van der Waals surface area contributed by atoms with Crippen molar-refractivity contribution in [3.8, 4) is 17.1 Å². The Morgan fingerprint density at radius 2 is 1.82 bits per heavy atom. The van der Waals surface area contributed by atoms with Crippen molar-refractivity contribution in [2.75, 3.05) is 5.32 Å². The van der Waals surface area contributed by atoms with Gasteiger partial charge in [-0.1, -0.05) is 23.2 Å². The van der Waals surface area contributed by atoms with Crippen molar-refractivity contribution in [1.29, 1.82) is 0 Å². The van der Waals surface area contributed by atoms with Gasteiger partial charge in [-0.2, -0.15) is 0 Å². The summed E-state index contributed by atoms with van der Waals surface area (Å²) in [5.41, 5.74) is 0.673. The van der Waals surface area contributed by atoms with Crippen LogP contribution in [-0.4, -0.2) is 22.1 Å². The number of phenols is 1. The average Bonchev–Trinajstić information content (AvgIpc) is 3.08. The zero-order valence-electron chi connectivity index (χ0n) is 14.1. The molecule has 0 aliphatic heterocycles. The number of carboxylic acid groups (broad SMARTS) is 1. The quantitative estimate of drug-likeness (QED) is 0.488. The number of aromatic carboxylic acids is 1. The summed E-state index contributed by atoms with van der Waals surface area (Å²) in [6, 6.07) is 12.2. The third-order valence-corrected chi connectivity index (χ3v) is 4.27. The van der Waals surface area contributed by atoms with Gasteiger partial charge in [0.25, 0.3) is 0 Å². The first kappa shape index (κ1) is 19.5. The van der Waals surface area contributed by atoms with E-state index in [2.05, 4.69) is 5.32 Å². The van der Waals surface area contributed by atoms with Gasteiger partial charge in [-0.15, -0.1) is 0 Å². The lowest BCUT2D eigenvalue weighted by molar-refractivity contribution is -0.111. The number of benzene rings is 2. The third-order valence-electron chi connectivity index (χ3n) is 3.72. The molecule has 0 unspecified atom stereocenters. The monoisotopic (exact) mass is 417 g/mol. The van der Waals surface area contributed by atoms with Crippen LogP contribution in [0.1, 0.15) is 16.1 Å². The average molecular weight is 418 g/mol. The van der Waals surface area contributed by atoms with Gasteiger partial charge in [0.1, 0.15) is 22.8 Å². The summed E-state index contributed by atoms with van der Waals surface area (Å²) in [7, 11) is 0. The Hall–Kier alpha value is -3.22. The predicted molar refractivity (Wildman–Crippen MR) is 107 cm³/mol. The number of rotatable bonds is 5. The van der Waals surface area contributed by atoms with E-state index in [1.54, 1.807) is 30.3 Å². The van der Waals surface area contributed by atoms with Crippen LogP contribution in [0.5, 0.6) is 5.75 Å². The van der Waals surface area contributed by atoms with Crippen LogP contribution in [-0.2, 0) is 4.79 Å². The van der Waals surface area contributed by atoms with E-state index >= 15 is 0 Å². The van der Waals surface area contributed by atoms with Crippen LogP contribution in [0.25, 0.3) is 17.4 Å². The van der Waals surface area contributed by atoms with E-state index < -0.39 is 17.6 Å². The number of furan rings is 1. The normalized spacial score (nSPS) is 10.9. The van der Waals surface area contributed by atoms with Crippen LogP contribution in [0.3, 0.4) is 0 Å². The van der Waals surface area contributed by atoms with Crippen molar-refractivity contribution in [2.24, 2.45) is 0 Å². The molecule has 1 heterocycles. The summed E-state index contributed by atoms with van der Waals surface area (Å²) in [4.78, 5) is 22.9. The Bertz CT molecular complexity index is 1090. The highest BCUT2D eigenvalue weighted by Gasteiger charge is 2.11. The molecular formula is C20H13Cl2NO5. The Labute approximate surface area is 169 Å². The van der Waals surface area contributed by atoms with Crippen LogP contribution in [0.15, 0.2) is 59.0 Å². The summed E-state index contributed by atoms with van der Waals surface area (Å²) in [6.07, 6.45) is 2.71. The van der Waals surface area contributed by atoms with Crippen LogP contribution in [0.4, 0.5) is 5.69 Å². The third kappa shape index (κ3) is 4.54. The minimum Gasteiger partial charge on any atom is -0.507 e. The van der Waals surface area contributed by atoms with Crippen molar-refractivity contribution in [3.05, 3.63) is 76.0 Å². The molecule has 1 aromatic heterocycles. The first-order chi connectivity index (χ1) is 13.3. The van der Waals surface area contributed by atoms with Crippen molar-refractivity contribution in [3.63, 3.8) is 0 Å². The molecule has 0 atom stereocenters. The molecule has 3 N–H and O–H groups in total. The molecule has 0 saturated carbocycles. The van der Waals surface area contributed by atoms with Crippen molar-refractivity contribution >= 4 is 46.8 Å². The number of carboxylic acids is 1. The second kappa shape index (κ2) is 8.21. The molecule has 0 saturated heterocycles. The summed E-state index contributed by atoms with van der Waals surface area (Å²) in [6.45, 7) is 0. The molecule has 6 nitrogen and oxygen atoms in total. The second-order valence-corrected chi connectivity index (χ2v) is 6.53. The van der Waals surface area contributed by atoms with E-state index in [4.69, 9.17) is 32.7 Å². The first-order valence-corrected chi connectivity index (χ1v) is 8.70. The number of nitrogens with one attached hydrogen (secondary N) is 1. The minimum atomic E-state index is -1.26. The Balaban J connectivity index is 1.69. The molecule has 0 aliphatic rings. The molecule has 8 heteroatoms. The molecule has 142 valence electrons. The van der Waals surface area contributed by atoms with E-state index in [9.17, 15) is 14.7 Å². The van der Waals surface area contributed by atoms with Crippen LogP contribution in [0, 0.1) is 0 Å². The Morgan fingerprint density at radius 3 is 2.50 bits per heavy atom. The van der Waals surface area contributed by atoms with Crippen LogP contribution >= 0.6 is 23.2 Å². The number of anilines is 1. The van der Waals surface area contributed by atoms with E-state index in [0.29, 0.717) is 27.1 Å². The second-order valence-electron chi connectivity index (χ2n) is 5.69. The fourth-order valence-electron chi connectivity index (χ4n) is 2.41. The SMILES string of the molecule is O=C(/C=C/c1ccc(-c2ccc(Cl)cc2Cl)o1)Nc1ccc(C(=O)O)c(O)c1. The molecule has 0 fully saturated rings. The zero-order valence-corrected chi connectivity index (χ0v) is 15.7. The lowest BCUT2D eigenvalue weighted by atomic mass is 10.2. The first-order valence-electron chi connectivity index (χ1n) is 7.94. The van der Waals surface area contributed by atoms with Gasteiger partial charge in [0.15, 0.2) is 0 Å². The molecular weight excluding hydrogens is 405 g/mol. The van der Waals surface area contributed by atoms with Gasteiger partial charge in [0.2, 0.25) is 5.91 Å². The number of aromatic hydroxyl groups is 1. The van der Waals surface area contributed by atoms with Gasteiger partial charge in [0.05, 0.1) is 5.02 Å². The van der Waals surface area contributed by atoms with E-state index in [0.717, 1.165) is 6.07 Å². The summed E-state index contributed by atoms with van der Waals surface area (Å²) in [5.74, 6) is -1.23. The number of carbonyl (C=O) groups excluding carboxylic acids is 1. The molecule has 0 radical (unpaired) electrons. The molecule has 0 spiro atoms. The van der Waals surface area contributed by atoms with Crippen molar-refractivity contribution in [1.82, 2.24) is 0 Å². The van der Waals surface area contributed by atoms with Gasteiger partial charge < -0.3 is 19.9 Å². The maximum Gasteiger partial charge on any atom is 0.339 e. The van der Waals surface area contributed by atoms with Gasteiger partial charge in [-0.3, -0.25) is 4.79 Å². The lowest BCUT2D eigenvalue weighted by Gasteiger charge is -2.04. The topological polar surface area (TPSA) is 99.8 Å². The van der Waals surface area contributed by atoms with E-state index in [1.807, 2.05) is 0 Å². The Morgan fingerprint density at radius 1 is 1.04 bits per heavy atom. The van der Waals surface area contributed by atoms with E-state index in [-0.39, 0.29) is 11.3 Å². The Kier molecular flexibility index (Phi) is 5.73. The van der Waals surface area contributed by atoms with Gasteiger partial charge >= 0.3 is 5.97 Å². The molecule has 1 amide bonds. The van der Waals surface area contributed by atoms with Crippen molar-refractivity contribution in [2.45, 2.75) is 0 Å². The van der Waals surface area contributed by atoms with Crippen LogP contribution < -0.4 is 5.32 Å². The number of halogens is 2. The highest BCUT2D eigenvalue weighted by atomic mass is 35.5. The molecule has 0 bridgehead atoms. The van der Waals surface area contributed by atoms with Gasteiger partial charge in [-0.05, 0) is 48.5 Å². The largest absolute Gasteiger partial charge is 0.507 e. The standard InChI is InChI=1S/C20H13Cl2NO5/c21-11-1-5-14(16(22)9-11)18-7-3-13(28-18)4-8-19(25)23-12-2-6-15(20(26)27)17(24)10-12/h1-10,24H,(H,23,25)(H,26,27)/b8-4+. The molecule has 0 aliphatic carbocycles. The maximum absolute atomic E-state index is 12.0. The highest BCUT2D eigenvalue weighted by molar-refractivity contribution is 6.36. The molecule has 3 aromatic rings. The smallest absolute Gasteiger partial charge is 0.339 e. The summed E-state index contributed by atoms with van der Waals surface area (Å²) in [5, 5.41) is 22.0. The maximum atomic E-state index is 12.0. The highest BCUT2D eigenvalue weighted by Crippen LogP contribution is 2.31. The lowest BCUT2D eigenvalue weighted by Crippen LogP contribution is -2.08. The summed E-state index contributed by atoms with van der Waals surface area (Å²) < 4.78 is 5.65. The number of hydrogen-bond acceptors (Lipinski definition) is 4. The molecule has 2 aromatic carbocycles. The number of carbonyl (C=O) groups is 2. The number of hydrogen-bond donors (Lipinski definition) is 3. The fourth-order valence-corrected chi connectivity index (χ4v) is 2.91. The molecule has 3 rings (SSSR count). The van der Waals surface area contributed by atoms with Gasteiger partial charge in [-0.25, -0.2) is 4.79 Å². The number of amides is 1. The zero-order chi connectivity index (χ0) is 20.3. The minimum absolute atomic E-state index is 0.252. The summed E-state index contributed by atoms with van der Waals surface area (Å²) >= 11 is 12.0.